The second-order valence-electron chi connectivity index (χ2n) is 10.6. The van der Waals surface area contributed by atoms with Crippen molar-refractivity contribution in [2.75, 3.05) is 44.6 Å². The number of carbonyl (C=O) groups is 3. The van der Waals surface area contributed by atoms with Crippen molar-refractivity contribution in [2.24, 2.45) is 0 Å². The summed E-state index contributed by atoms with van der Waals surface area (Å²) in [6.45, 7) is 4.83. The van der Waals surface area contributed by atoms with Crippen molar-refractivity contribution in [1.82, 2.24) is 14.7 Å². The maximum atomic E-state index is 14.3. The molecule has 1 N–H and O–H groups in total. The summed E-state index contributed by atoms with van der Waals surface area (Å²) in [5.41, 5.74) is -3.87. The van der Waals surface area contributed by atoms with Crippen molar-refractivity contribution >= 4 is 41.2 Å². The van der Waals surface area contributed by atoms with E-state index >= 15 is 0 Å². The van der Waals surface area contributed by atoms with Crippen LogP contribution in [0.4, 0.5) is 32.0 Å². The van der Waals surface area contributed by atoms with Crippen LogP contribution >= 0.6 is 11.8 Å². The van der Waals surface area contributed by atoms with Gasteiger partial charge in [0, 0.05) is 80.7 Å². The van der Waals surface area contributed by atoms with E-state index < -0.39 is 39.8 Å². The Morgan fingerprint density at radius 1 is 0.795 bits per heavy atom. The predicted octanol–water partition coefficient (Wildman–Crippen LogP) is 6.00. The van der Waals surface area contributed by atoms with Gasteiger partial charge in [0.25, 0.3) is 0 Å². The second-order valence-corrected chi connectivity index (χ2v) is 11.7. The van der Waals surface area contributed by atoms with E-state index in [1.165, 1.54) is 29.7 Å². The van der Waals surface area contributed by atoms with Gasteiger partial charge in [-0.05, 0) is 48.7 Å². The summed E-state index contributed by atoms with van der Waals surface area (Å²) in [6.07, 6.45) is -7.77. The highest BCUT2D eigenvalue weighted by molar-refractivity contribution is 7.99. The Labute approximate surface area is 255 Å². The van der Waals surface area contributed by atoms with E-state index in [-0.39, 0.29) is 44.0 Å². The van der Waals surface area contributed by atoms with Crippen molar-refractivity contribution < 1.29 is 40.7 Å². The maximum Gasteiger partial charge on any atom is 0.418 e. The summed E-state index contributed by atoms with van der Waals surface area (Å²) in [4.78, 5) is 39.9. The van der Waals surface area contributed by atoms with E-state index in [4.69, 9.17) is 0 Å². The number of alkyl halides is 6. The van der Waals surface area contributed by atoms with Gasteiger partial charge in [0.05, 0.1) is 11.1 Å². The normalized spacial score (nSPS) is 16.9. The number of nitrogens with one attached hydrogen (secondary N) is 1. The fraction of sp³-hybridized carbons (Fsp3) is 0.433. The highest BCUT2D eigenvalue weighted by atomic mass is 32.2. The SMILES string of the molecule is CC(=O)N1CCC(Nc2cccc(Sc3ccc(C=CC(=O)N4CCN(C(C)=O)CC4)c(C(F)(F)F)c3C(F)(F)F)c2)CC1. The topological polar surface area (TPSA) is 73.0 Å². The number of hydrogen-bond donors (Lipinski definition) is 1. The van der Waals surface area contributed by atoms with Gasteiger partial charge in [-0.3, -0.25) is 14.4 Å². The van der Waals surface area contributed by atoms with E-state index in [0.717, 1.165) is 24.3 Å². The summed E-state index contributed by atoms with van der Waals surface area (Å²) in [5.74, 6) is -0.850. The first-order chi connectivity index (χ1) is 20.6. The van der Waals surface area contributed by atoms with Crippen LogP contribution < -0.4 is 5.32 Å². The van der Waals surface area contributed by atoms with E-state index in [1.54, 1.807) is 23.1 Å². The average molecular weight is 643 g/mol. The maximum absolute atomic E-state index is 14.3. The third kappa shape index (κ3) is 8.27. The Morgan fingerprint density at radius 2 is 1.36 bits per heavy atom. The molecule has 14 heteroatoms. The van der Waals surface area contributed by atoms with Gasteiger partial charge < -0.3 is 20.0 Å². The highest BCUT2D eigenvalue weighted by Gasteiger charge is 2.46. The summed E-state index contributed by atoms with van der Waals surface area (Å²) in [6, 6.07) is 8.36. The van der Waals surface area contributed by atoms with Crippen molar-refractivity contribution in [3.05, 3.63) is 59.2 Å². The largest absolute Gasteiger partial charge is 0.418 e. The lowest BCUT2D eigenvalue weighted by molar-refractivity contribution is -0.163. The highest BCUT2D eigenvalue weighted by Crippen LogP contribution is 2.48. The molecule has 2 saturated heterocycles. The molecule has 7 nitrogen and oxygen atoms in total. The number of halogens is 6. The van der Waals surface area contributed by atoms with Crippen LogP contribution in [-0.4, -0.2) is 77.7 Å². The lowest BCUT2D eigenvalue weighted by Gasteiger charge is -2.33. The number of benzene rings is 2. The third-order valence-electron chi connectivity index (χ3n) is 7.58. The van der Waals surface area contributed by atoms with Crippen LogP contribution in [0, 0.1) is 0 Å². The average Bonchev–Trinajstić information content (AvgIpc) is 2.95. The number of likely N-dealkylation sites (tertiary alicyclic amines) is 1. The van der Waals surface area contributed by atoms with Crippen molar-refractivity contribution in [2.45, 2.75) is 54.9 Å². The van der Waals surface area contributed by atoms with Crippen LogP contribution in [-0.2, 0) is 26.7 Å². The van der Waals surface area contributed by atoms with Crippen LogP contribution in [0.3, 0.4) is 0 Å². The Morgan fingerprint density at radius 3 is 1.93 bits per heavy atom. The van der Waals surface area contributed by atoms with Crippen molar-refractivity contribution in [3.63, 3.8) is 0 Å². The van der Waals surface area contributed by atoms with Gasteiger partial charge in [-0.2, -0.15) is 26.3 Å². The number of amides is 3. The first kappa shape index (κ1) is 33.2. The number of nitrogens with zero attached hydrogens (tertiary/aromatic N) is 3. The lowest BCUT2D eigenvalue weighted by atomic mass is 9.99. The van der Waals surface area contributed by atoms with E-state index in [9.17, 15) is 40.7 Å². The smallest absolute Gasteiger partial charge is 0.382 e. The van der Waals surface area contributed by atoms with Gasteiger partial charge in [0.15, 0.2) is 0 Å². The van der Waals surface area contributed by atoms with E-state index in [0.29, 0.717) is 48.3 Å². The first-order valence-corrected chi connectivity index (χ1v) is 14.8. The molecule has 0 aliphatic carbocycles. The van der Waals surface area contributed by atoms with Crippen LogP contribution in [0.15, 0.2) is 52.3 Å². The molecule has 2 aliphatic heterocycles. The van der Waals surface area contributed by atoms with Crippen LogP contribution in [0.1, 0.15) is 43.4 Å². The molecule has 2 fully saturated rings. The number of anilines is 1. The molecule has 0 unspecified atom stereocenters. The standard InChI is InChI=1S/C30H32F6N4O3S/c1-19(41)38-12-10-22(11-13-38)37-23-4-3-5-24(18-23)44-25-8-6-21(27(29(31,32)33)28(25)30(34,35)36)7-9-26(43)40-16-14-39(15-17-40)20(2)42/h3-9,18,22,37H,10-17H2,1-2H3. The first-order valence-electron chi connectivity index (χ1n) is 14.0. The molecule has 2 aromatic carbocycles. The molecule has 0 aromatic heterocycles. The third-order valence-corrected chi connectivity index (χ3v) is 8.63. The van der Waals surface area contributed by atoms with Crippen LogP contribution in [0.5, 0.6) is 0 Å². The Bertz CT molecular complexity index is 1410. The number of rotatable bonds is 6. The molecule has 0 saturated carbocycles. The fourth-order valence-electron chi connectivity index (χ4n) is 5.27. The van der Waals surface area contributed by atoms with Gasteiger partial charge in [-0.15, -0.1) is 0 Å². The quantitative estimate of drug-likeness (QED) is 0.309. The molecule has 0 bridgehead atoms. The summed E-state index contributed by atoms with van der Waals surface area (Å²) in [7, 11) is 0. The molecule has 2 aliphatic rings. The minimum Gasteiger partial charge on any atom is -0.382 e. The molecular weight excluding hydrogens is 610 g/mol. The van der Waals surface area contributed by atoms with Crippen molar-refractivity contribution in [1.29, 1.82) is 0 Å². The zero-order valence-electron chi connectivity index (χ0n) is 24.1. The number of piperazine rings is 1. The second kappa shape index (κ2) is 13.5. The monoisotopic (exact) mass is 642 g/mol. The van der Waals surface area contributed by atoms with Gasteiger partial charge in [0.2, 0.25) is 17.7 Å². The minimum atomic E-state index is -5.37. The Hall–Kier alpha value is -3.68. The lowest BCUT2D eigenvalue weighted by Crippen LogP contribution is -2.49. The van der Waals surface area contributed by atoms with E-state index in [2.05, 4.69) is 5.32 Å². The number of piperidine rings is 1. The Balaban J connectivity index is 1.57. The fourth-order valence-corrected chi connectivity index (χ4v) is 6.31. The predicted molar refractivity (Wildman–Crippen MR) is 154 cm³/mol. The number of hydrogen-bond acceptors (Lipinski definition) is 5. The van der Waals surface area contributed by atoms with Crippen molar-refractivity contribution in [3.8, 4) is 0 Å². The molecule has 0 radical (unpaired) electrons. The molecule has 2 heterocycles. The molecule has 0 atom stereocenters. The van der Waals surface area contributed by atoms with Gasteiger partial charge in [-0.1, -0.05) is 23.9 Å². The number of carbonyl (C=O) groups excluding carboxylic acids is 3. The molecule has 4 rings (SSSR count). The van der Waals surface area contributed by atoms with Crippen LogP contribution in [0.2, 0.25) is 0 Å². The molecule has 44 heavy (non-hydrogen) atoms. The minimum absolute atomic E-state index is 0.0159. The van der Waals surface area contributed by atoms with Crippen LogP contribution in [0.25, 0.3) is 6.08 Å². The van der Waals surface area contributed by atoms with E-state index in [1.807, 2.05) is 0 Å². The summed E-state index contributed by atoms with van der Waals surface area (Å²) in [5, 5.41) is 3.30. The molecule has 0 spiro atoms. The van der Waals surface area contributed by atoms with Gasteiger partial charge in [-0.25, -0.2) is 0 Å². The molecule has 3 amide bonds. The molecule has 2 aromatic rings. The molecular formula is C30H32F6N4O3S. The summed E-state index contributed by atoms with van der Waals surface area (Å²) >= 11 is 0.566. The molecule has 238 valence electrons. The van der Waals surface area contributed by atoms with Gasteiger partial charge >= 0.3 is 12.4 Å². The van der Waals surface area contributed by atoms with Gasteiger partial charge in [0.1, 0.15) is 0 Å². The summed E-state index contributed by atoms with van der Waals surface area (Å²) < 4.78 is 85.7. The Kier molecular flexibility index (Phi) is 10.2. The zero-order chi connectivity index (χ0) is 32.2. The zero-order valence-corrected chi connectivity index (χ0v) is 24.9.